The summed E-state index contributed by atoms with van der Waals surface area (Å²) in [5.74, 6) is 6.97. The van der Waals surface area contributed by atoms with E-state index in [0.717, 1.165) is 47.1 Å². The van der Waals surface area contributed by atoms with Crippen LogP contribution in [-0.4, -0.2) is 10.8 Å². The fourth-order valence-corrected chi connectivity index (χ4v) is 16.2. The highest BCUT2D eigenvalue weighted by atomic mass is 35.7. The zero-order valence-corrected chi connectivity index (χ0v) is 16.6. The largest absolute Gasteiger partial charge is 0.0847 e. The quantitative estimate of drug-likeness (QED) is 0.507. The van der Waals surface area contributed by atoms with E-state index in [1.165, 1.54) is 64.2 Å². The minimum atomic E-state index is -1.75. The van der Waals surface area contributed by atoms with E-state index in [0.29, 0.717) is 5.16 Å². The van der Waals surface area contributed by atoms with Crippen molar-refractivity contribution in [3.63, 3.8) is 0 Å². The van der Waals surface area contributed by atoms with E-state index in [1.54, 1.807) is 6.42 Å². The molecule has 1 atom stereocenters. The average molecular weight is 369 g/mol. The lowest BCUT2D eigenvalue weighted by Crippen LogP contribution is -2.54. The van der Waals surface area contributed by atoms with Crippen molar-refractivity contribution in [3.8, 4) is 0 Å². The predicted octanol–water partition coefficient (Wildman–Crippen LogP) is 6.41. The van der Waals surface area contributed by atoms with Crippen LogP contribution in [0, 0.1) is 41.4 Å². The van der Waals surface area contributed by atoms with Crippen molar-refractivity contribution in [3.05, 3.63) is 0 Å². The van der Waals surface area contributed by atoms with Gasteiger partial charge in [0.1, 0.15) is 0 Å². The first-order chi connectivity index (χ1) is 11.0. The first kappa shape index (κ1) is 15.0. The molecule has 0 heterocycles. The number of hydrogen-bond donors (Lipinski definition) is 0. The van der Waals surface area contributed by atoms with Crippen molar-refractivity contribution in [2.75, 3.05) is 0 Å². The van der Waals surface area contributed by atoms with Crippen molar-refractivity contribution >= 4 is 28.4 Å². The number of rotatable bonds is 2. The van der Waals surface area contributed by atoms with Crippen molar-refractivity contribution in [1.29, 1.82) is 0 Å². The van der Waals surface area contributed by atoms with Gasteiger partial charge in [0.05, 0.1) is 0 Å². The van der Waals surface area contributed by atoms with Crippen LogP contribution in [0.2, 0.25) is 0 Å². The van der Waals surface area contributed by atoms with Crippen LogP contribution < -0.4 is 0 Å². The molecule has 0 saturated heterocycles. The normalized spacial score (nSPS) is 61.8. The fraction of sp³-hybridized carbons (Fsp3) is 1.00. The molecule has 0 amide bonds. The van der Waals surface area contributed by atoms with Gasteiger partial charge in [-0.2, -0.15) is 0 Å². The second kappa shape index (κ2) is 4.80. The minimum Gasteiger partial charge on any atom is -0.0847 e. The highest BCUT2D eigenvalue weighted by molar-refractivity contribution is 8.28. The Bertz CT molecular complexity index is 521. The van der Waals surface area contributed by atoms with E-state index in [-0.39, 0.29) is 0 Å². The third kappa shape index (κ3) is 2.00. The molecule has 8 bridgehead atoms. The summed E-state index contributed by atoms with van der Waals surface area (Å²) >= 11 is 14.2. The van der Waals surface area contributed by atoms with Gasteiger partial charge < -0.3 is 0 Å². The molecular formula is C20H30ClPS. The molecule has 8 fully saturated rings. The van der Waals surface area contributed by atoms with Gasteiger partial charge in [0, 0.05) is 16.2 Å². The Morgan fingerprint density at radius 1 is 0.652 bits per heavy atom. The maximum atomic E-state index is 7.63. The maximum absolute atomic E-state index is 7.63. The SMILES string of the molecule is S=P(Cl)(C1C2CC3CC(C2)CC1C3)C12CC3CC(CC(C3)C1)C2. The van der Waals surface area contributed by atoms with Crippen LogP contribution in [0.1, 0.15) is 70.6 Å². The Balaban J connectivity index is 1.38. The Kier molecular flexibility index (Phi) is 3.14. The monoisotopic (exact) mass is 368 g/mol. The minimum absolute atomic E-state index is 0.443. The Labute approximate surface area is 151 Å². The molecule has 8 rings (SSSR count). The molecule has 0 radical (unpaired) electrons. The Morgan fingerprint density at radius 2 is 1.04 bits per heavy atom. The highest BCUT2D eigenvalue weighted by Crippen LogP contribution is 2.81. The summed E-state index contributed by atoms with van der Waals surface area (Å²) in [6.45, 7) is 0. The predicted molar refractivity (Wildman–Crippen MR) is 102 cm³/mol. The van der Waals surface area contributed by atoms with Gasteiger partial charge in [-0.05, 0) is 112 Å². The molecule has 8 saturated carbocycles. The summed E-state index contributed by atoms with van der Waals surface area (Å²) < 4.78 is 0. The lowest BCUT2D eigenvalue weighted by Gasteiger charge is -2.64. The molecule has 128 valence electrons. The molecule has 3 heteroatoms. The molecule has 1 unspecified atom stereocenters. The van der Waals surface area contributed by atoms with Crippen LogP contribution in [0.4, 0.5) is 0 Å². The van der Waals surface area contributed by atoms with Crippen LogP contribution in [0.3, 0.4) is 0 Å². The van der Waals surface area contributed by atoms with Crippen molar-refractivity contribution < 1.29 is 0 Å². The molecular weight excluding hydrogens is 339 g/mol. The van der Waals surface area contributed by atoms with Crippen LogP contribution in [0.25, 0.3) is 0 Å². The lowest BCUT2D eigenvalue weighted by molar-refractivity contribution is 0.0158. The maximum Gasteiger partial charge on any atom is 0.0481 e. The van der Waals surface area contributed by atoms with Gasteiger partial charge in [-0.3, -0.25) is 0 Å². The van der Waals surface area contributed by atoms with Gasteiger partial charge in [-0.15, -0.1) is 0 Å². The van der Waals surface area contributed by atoms with Crippen LogP contribution in [0.15, 0.2) is 0 Å². The van der Waals surface area contributed by atoms with Crippen LogP contribution >= 0.6 is 16.6 Å². The van der Waals surface area contributed by atoms with Gasteiger partial charge in [0.2, 0.25) is 0 Å². The summed E-state index contributed by atoms with van der Waals surface area (Å²) in [6, 6.07) is 0. The van der Waals surface area contributed by atoms with Crippen molar-refractivity contribution in [1.82, 2.24) is 0 Å². The summed E-state index contributed by atoms with van der Waals surface area (Å²) in [5.41, 5.74) is 0.781. The second-order valence-corrected chi connectivity index (χ2v) is 17.3. The van der Waals surface area contributed by atoms with Crippen LogP contribution in [-0.2, 0) is 11.8 Å². The molecule has 0 aromatic carbocycles. The second-order valence-electron chi connectivity index (χ2n) is 10.6. The summed E-state index contributed by atoms with van der Waals surface area (Å²) in [4.78, 5) is 0. The van der Waals surface area contributed by atoms with Gasteiger partial charge in [0.25, 0.3) is 0 Å². The summed E-state index contributed by atoms with van der Waals surface area (Å²) in [5, 5.41) is -1.30. The van der Waals surface area contributed by atoms with E-state index >= 15 is 0 Å². The highest BCUT2D eigenvalue weighted by Gasteiger charge is 2.62. The van der Waals surface area contributed by atoms with E-state index in [9.17, 15) is 0 Å². The summed E-state index contributed by atoms with van der Waals surface area (Å²) in [6.07, 6.45) is 16.4. The van der Waals surface area contributed by atoms with E-state index < -0.39 is 5.39 Å². The number of halogens is 1. The van der Waals surface area contributed by atoms with Gasteiger partial charge in [0.15, 0.2) is 0 Å². The molecule has 0 aliphatic heterocycles. The molecule has 0 nitrogen and oxygen atoms in total. The topological polar surface area (TPSA) is 0 Å². The lowest BCUT2D eigenvalue weighted by atomic mass is 9.55. The van der Waals surface area contributed by atoms with Gasteiger partial charge >= 0.3 is 0 Å². The molecule has 8 aliphatic rings. The van der Waals surface area contributed by atoms with Crippen molar-refractivity contribution in [2.24, 2.45) is 41.4 Å². The zero-order valence-electron chi connectivity index (χ0n) is 14.1. The molecule has 0 N–H and O–H groups in total. The molecule has 0 aromatic heterocycles. The fourth-order valence-electron chi connectivity index (χ4n) is 9.19. The third-order valence-corrected chi connectivity index (χ3v) is 16.3. The van der Waals surface area contributed by atoms with Crippen LogP contribution in [0.5, 0.6) is 0 Å². The smallest absolute Gasteiger partial charge is 0.0481 e. The van der Waals surface area contributed by atoms with E-state index in [4.69, 9.17) is 23.0 Å². The van der Waals surface area contributed by atoms with E-state index in [1.807, 2.05) is 0 Å². The first-order valence-electron chi connectivity index (χ1n) is 10.3. The molecule has 0 spiro atoms. The van der Waals surface area contributed by atoms with E-state index in [2.05, 4.69) is 0 Å². The first-order valence-corrected chi connectivity index (χ1v) is 14.1. The molecule has 0 aromatic rings. The van der Waals surface area contributed by atoms with Gasteiger partial charge in [-0.1, -0.05) is 23.0 Å². The average Bonchev–Trinajstić information content (AvgIpc) is 2.44. The van der Waals surface area contributed by atoms with Gasteiger partial charge in [-0.25, -0.2) is 0 Å². The standard InChI is InChI=1S/C20H30ClPS/c21-22(23,19-17-5-12-1-13(7-17)8-18(19)6-12)20-9-14-2-15(10-20)4-16(3-14)11-20/h12-19H,1-11H2. The summed E-state index contributed by atoms with van der Waals surface area (Å²) in [7, 11) is 0. The number of hydrogen-bond acceptors (Lipinski definition) is 1. The Morgan fingerprint density at radius 3 is 1.48 bits per heavy atom. The van der Waals surface area contributed by atoms with Crippen molar-refractivity contribution in [2.45, 2.75) is 81.4 Å². The molecule has 8 aliphatic carbocycles. The molecule has 23 heavy (non-hydrogen) atoms. The third-order valence-electron chi connectivity index (χ3n) is 9.21. The Hall–Kier alpha value is 0.940. The zero-order chi connectivity index (χ0) is 15.4.